The third-order valence-electron chi connectivity index (χ3n) is 14.8. The predicted molar refractivity (Wildman–Crippen MR) is 339 cm³/mol. The van der Waals surface area contributed by atoms with Gasteiger partial charge in [-0.05, 0) is 181 Å². The van der Waals surface area contributed by atoms with E-state index in [9.17, 15) is 20.2 Å². The molecule has 0 spiro atoms. The highest BCUT2D eigenvalue weighted by Crippen LogP contribution is 2.55. The summed E-state index contributed by atoms with van der Waals surface area (Å²) in [7, 11) is 6.57. The largest absolute Gasteiger partial charge is 0.497 e. The number of nitro benzene ring substituents is 2. The number of ether oxygens (including phenoxy) is 4. The van der Waals surface area contributed by atoms with Crippen molar-refractivity contribution in [2.24, 2.45) is 0 Å². The van der Waals surface area contributed by atoms with E-state index in [2.05, 4.69) is 60.0 Å². The fourth-order valence-electron chi connectivity index (χ4n) is 10.6. The minimum atomic E-state index is -0.580. The fourth-order valence-corrected chi connectivity index (χ4v) is 13.6. The van der Waals surface area contributed by atoms with Crippen molar-refractivity contribution in [3.63, 3.8) is 0 Å². The summed E-state index contributed by atoms with van der Waals surface area (Å²) in [4.78, 5) is 33.8. The van der Waals surface area contributed by atoms with Crippen LogP contribution in [0.5, 0.6) is 23.0 Å². The summed E-state index contributed by atoms with van der Waals surface area (Å²) < 4.78 is 31.6. The van der Waals surface area contributed by atoms with E-state index in [0.29, 0.717) is 22.6 Å². The van der Waals surface area contributed by atoms with Gasteiger partial charge in [0.1, 0.15) is 45.2 Å². The molecular weight excluding hydrogens is 1100 g/mol. The SMILES string of the molecule is CCCCCCc1cc(-c2ccc(N(c3ccc(OC)cc3)c3ccc(OC)cc3)cc2)sc1-c1c([N+](=O)[O-])c([N+](=O)[O-])c(-c2sc(-c3ccc(N(c4ccc(OC)cc4)c4ccc(OC)cc4)cc3)cc2CCCCCC)c2nsnc12. The number of anilines is 6. The second-order valence-electron chi connectivity index (χ2n) is 20.0. The minimum absolute atomic E-state index is 0.132. The van der Waals surface area contributed by atoms with Crippen LogP contribution in [-0.4, -0.2) is 47.0 Å². The molecule has 0 bridgehead atoms. The van der Waals surface area contributed by atoms with Crippen LogP contribution >= 0.6 is 34.4 Å². The van der Waals surface area contributed by atoms with Crippen LogP contribution in [0.2, 0.25) is 0 Å². The maximum Gasteiger partial charge on any atom is 0.357 e. The Bertz CT molecular complexity index is 3480. The van der Waals surface area contributed by atoms with E-state index in [0.717, 1.165) is 152 Å². The number of nitro groups is 2. The molecular formula is C66H64N6O8S3. The van der Waals surface area contributed by atoms with Gasteiger partial charge in [-0.1, -0.05) is 76.6 Å². The standard InChI is InChI=1S/C66H64N6O8S3/c1-7-9-11-13-15-45-41-57(43-17-21-47(22-18-43)69(49-25-33-53(77-3)34-26-49)50-27-35-54(78-4)36-28-50)81-65(45)59-61-62(68-83-67-61)60(64(72(75)76)63(59)71(73)74)66-46(16-14-12-10-8-2)42-58(82-66)44-19-23-48(24-20-44)70(51-29-37-55(79-5)38-30-51)52-31-39-56(80-6)40-32-52/h17-42H,7-16H2,1-6H3. The minimum Gasteiger partial charge on any atom is -0.497 e. The Balaban J connectivity index is 1.08. The van der Waals surface area contributed by atoms with E-state index in [1.54, 1.807) is 28.4 Å². The molecule has 0 saturated carbocycles. The van der Waals surface area contributed by atoms with Crippen molar-refractivity contribution in [3.05, 3.63) is 189 Å². The monoisotopic (exact) mass is 1160 g/mol. The van der Waals surface area contributed by atoms with Crippen LogP contribution < -0.4 is 28.7 Å². The summed E-state index contributed by atoms with van der Waals surface area (Å²) in [6.07, 6.45) is 8.97. The molecule has 7 aromatic carbocycles. The lowest BCUT2D eigenvalue weighted by Crippen LogP contribution is -2.09. The predicted octanol–water partition coefficient (Wildman–Crippen LogP) is 19.5. The molecule has 0 aliphatic rings. The number of hydrogen-bond donors (Lipinski definition) is 0. The molecule has 0 fully saturated rings. The maximum atomic E-state index is 13.9. The van der Waals surface area contributed by atoms with Crippen LogP contribution in [0.4, 0.5) is 45.5 Å². The summed E-state index contributed by atoms with van der Waals surface area (Å²) in [5.74, 6) is 2.96. The first-order chi connectivity index (χ1) is 40.5. The molecule has 10 rings (SSSR count). The fraction of sp³-hybridized carbons (Fsp3) is 0.242. The first-order valence-corrected chi connectivity index (χ1v) is 30.2. The molecule has 3 aromatic heterocycles. The van der Waals surface area contributed by atoms with E-state index < -0.39 is 21.2 Å². The number of thiophene rings is 2. The van der Waals surface area contributed by atoms with Crippen molar-refractivity contribution in [1.29, 1.82) is 0 Å². The van der Waals surface area contributed by atoms with Gasteiger partial charge in [0.2, 0.25) is 0 Å². The van der Waals surface area contributed by atoms with Gasteiger partial charge in [0.05, 0.1) is 50.0 Å². The molecule has 17 heteroatoms. The summed E-state index contributed by atoms with van der Waals surface area (Å²) in [5, 5.41) is 27.8. The van der Waals surface area contributed by atoms with Crippen LogP contribution in [0.15, 0.2) is 158 Å². The number of aryl methyl sites for hydroxylation is 2. The van der Waals surface area contributed by atoms with Gasteiger partial charge >= 0.3 is 11.4 Å². The van der Waals surface area contributed by atoms with Crippen molar-refractivity contribution >= 4 is 90.9 Å². The Labute approximate surface area is 495 Å². The Morgan fingerprint density at radius 1 is 0.422 bits per heavy atom. The Morgan fingerprint density at radius 3 is 0.976 bits per heavy atom. The lowest BCUT2D eigenvalue weighted by Gasteiger charge is -2.26. The normalized spacial score (nSPS) is 11.2. The van der Waals surface area contributed by atoms with Crippen LogP contribution in [0.25, 0.3) is 52.8 Å². The number of aromatic nitrogens is 2. The van der Waals surface area contributed by atoms with Crippen molar-refractivity contribution < 1.29 is 28.8 Å². The quantitative estimate of drug-likeness (QED) is 0.0288. The van der Waals surface area contributed by atoms with Gasteiger partial charge in [0.25, 0.3) is 0 Å². The number of benzene rings is 7. The number of nitrogens with zero attached hydrogens (tertiary/aromatic N) is 6. The highest BCUT2D eigenvalue weighted by molar-refractivity contribution is 7.19. The van der Waals surface area contributed by atoms with Gasteiger partial charge < -0.3 is 28.7 Å². The summed E-state index contributed by atoms with van der Waals surface area (Å²) in [5.41, 5.74) is 8.70. The molecule has 0 radical (unpaired) electrons. The lowest BCUT2D eigenvalue weighted by molar-refractivity contribution is -0.421. The summed E-state index contributed by atoms with van der Waals surface area (Å²) >= 11 is 3.71. The molecule has 0 unspecified atom stereocenters. The third kappa shape index (κ3) is 12.4. The van der Waals surface area contributed by atoms with Crippen molar-refractivity contribution in [2.45, 2.75) is 78.1 Å². The van der Waals surface area contributed by atoms with Crippen LogP contribution in [0.1, 0.15) is 76.3 Å². The van der Waals surface area contributed by atoms with Crippen LogP contribution in [0, 0.1) is 20.2 Å². The Hall–Kier alpha value is -8.64. The van der Waals surface area contributed by atoms with E-state index >= 15 is 0 Å². The van der Waals surface area contributed by atoms with Crippen molar-refractivity contribution in [2.75, 3.05) is 38.2 Å². The van der Waals surface area contributed by atoms with E-state index in [1.165, 1.54) is 22.7 Å². The van der Waals surface area contributed by atoms with Crippen molar-refractivity contribution in [3.8, 4) is 64.8 Å². The topological polar surface area (TPSA) is 155 Å². The van der Waals surface area contributed by atoms with E-state index in [4.69, 9.17) is 27.7 Å². The van der Waals surface area contributed by atoms with Crippen LogP contribution in [-0.2, 0) is 12.8 Å². The smallest absolute Gasteiger partial charge is 0.357 e. The molecule has 0 aliphatic carbocycles. The molecule has 83 heavy (non-hydrogen) atoms. The molecule has 14 nitrogen and oxygen atoms in total. The van der Waals surface area contributed by atoms with Gasteiger partial charge in [-0.25, -0.2) is 0 Å². The molecule has 0 atom stereocenters. The molecule has 0 aliphatic heterocycles. The average molecular weight is 1170 g/mol. The first-order valence-electron chi connectivity index (χ1n) is 27.8. The zero-order valence-corrected chi connectivity index (χ0v) is 49.7. The zero-order chi connectivity index (χ0) is 58.0. The second kappa shape index (κ2) is 26.5. The van der Waals surface area contributed by atoms with Gasteiger partial charge in [-0.3, -0.25) is 20.2 Å². The zero-order valence-electron chi connectivity index (χ0n) is 47.3. The third-order valence-corrected chi connectivity index (χ3v) is 17.9. The number of methoxy groups -OCH3 is 4. The Morgan fingerprint density at radius 2 is 0.711 bits per heavy atom. The number of unbranched alkanes of at least 4 members (excludes halogenated alkanes) is 6. The molecule has 10 aromatic rings. The highest BCUT2D eigenvalue weighted by atomic mass is 32.1. The highest BCUT2D eigenvalue weighted by Gasteiger charge is 2.41. The number of rotatable bonds is 26. The van der Waals surface area contributed by atoms with E-state index in [-0.39, 0.29) is 22.2 Å². The first kappa shape index (κ1) is 57.6. The molecule has 0 saturated heterocycles. The molecule has 3 heterocycles. The average Bonchev–Trinajstić information content (AvgIpc) is 3.36. The Kier molecular flexibility index (Phi) is 18.4. The van der Waals surface area contributed by atoms with Gasteiger partial charge in [-0.2, -0.15) is 8.75 Å². The van der Waals surface area contributed by atoms with Gasteiger partial charge in [0, 0.05) is 53.6 Å². The number of fused-ring (bicyclic) bond motifs is 1. The maximum absolute atomic E-state index is 13.9. The number of hydrogen-bond acceptors (Lipinski definition) is 15. The van der Waals surface area contributed by atoms with E-state index in [1.807, 2.05) is 121 Å². The van der Waals surface area contributed by atoms with Gasteiger partial charge in [0.15, 0.2) is 0 Å². The molecule has 424 valence electrons. The lowest BCUT2D eigenvalue weighted by atomic mass is 9.95. The van der Waals surface area contributed by atoms with Crippen molar-refractivity contribution in [1.82, 2.24) is 8.75 Å². The van der Waals surface area contributed by atoms with Crippen LogP contribution in [0.3, 0.4) is 0 Å². The summed E-state index contributed by atoms with van der Waals surface area (Å²) in [6, 6.07) is 52.1. The molecule has 0 amide bonds. The second-order valence-corrected chi connectivity index (χ2v) is 22.7. The molecule has 0 N–H and O–H groups in total. The summed E-state index contributed by atoms with van der Waals surface area (Å²) in [6.45, 7) is 4.31. The van der Waals surface area contributed by atoms with Gasteiger partial charge in [-0.15, -0.1) is 22.7 Å².